The third-order valence-electron chi connectivity index (χ3n) is 4.13. The molecular weight excluding hydrogens is 140 g/mol. The van der Waals surface area contributed by atoms with Gasteiger partial charge in [-0.2, -0.15) is 0 Å². The number of hydrogen-bond acceptors (Lipinski definition) is 1. The zero-order chi connectivity index (χ0) is 6.93. The quantitative estimate of drug-likeness (QED) is 0.483. The van der Waals surface area contributed by atoms with Crippen LogP contribution in [0, 0.1) is 17.8 Å². The minimum atomic E-state index is 0.766. The van der Waals surface area contributed by atoms with Crippen molar-refractivity contribution in [2.45, 2.75) is 36.7 Å². The lowest BCUT2D eigenvalue weighted by Gasteiger charge is -2.17. The molecule has 1 heteroatoms. The molecule has 0 aromatic heterocycles. The second-order valence-electron chi connectivity index (χ2n) is 4.43. The zero-order valence-electron chi connectivity index (χ0n) is 6.63. The third-order valence-corrected chi connectivity index (χ3v) is 6.04. The van der Waals surface area contributed by atoms with Gasteiger partial charge in [0, 0.05) is 10.00 Å². The Balaban J connectivity index is 2.03. The van der Waals surface area contributed by atoms with Gasteiger partial charge in [-0.15, -0.1) is 11.8 Å². The highest BCUT2D eigenvalue weighted by molar-refractivity contribution is 8.08. The fourth-order valence-electron chi connectivity index (χ4n) is 3.48. The minimum Gasteiger partial charge on any atom is -0.149 e. The topological polar surface area (TPSA) is 0 Å². The van der Waals surface area contributed by atoms with Crippen LogP contribution in [-0.2, 0) is 0 Å². The fraction of sp³-hybridized carbons (Fsp3) is 1.00. The maximum Gasteiger partial charge on any atom is 0.0287 e. The maximum absolute atomic E-state index is 2.49. The van der Waals surface area contributed by atoms with Crippen LogP contribution < -0.4 is 0 Å². The van der Waals surface area contributed by atoms with Crippen molar-refractivity contribution < 1.29 is 0 Å². The number of thioether (sulfide) groups is 1. The molecule has 3 aliphatic rings. The van der Waals surface area contributed by atoms with Gasteiger partial charge in [-0.3, -0.25) is 0 Å². The van der Waals surface area contributed by atoms with Crippen molar-refractivity contribution in [3.05, 3.63) is 0 Å². The van der Waals surface area contributed by atoms with E-state index in [4.69, 9.17) is 0 Å². The Kier molecular flexibility index (Phi) is 0.848. The Morgan fingerprint density at radius 1 is 1.40 bits per heavy atom. The van der Waals surface area contributed by atoms with Crippen LogP contribution in [0.5, 0.6) is 0 Å². The Morgan fingerprint density at radius 3 is 2.60 bits per heavy atom. The van der Waals surface area contributed by atoms with Crippen LogP contribution in [0.3, 0.4) is 0 Å². The standard InChI is InChI=1S/C9H14S/c1-5-6-3-4-7(5)9(2)8(6)10-9/h5-8H,3-4H2,1-2H3. The molecule has 2 aliphatic carbocycles. The summed E-state index contributed by atoms with van der Waals surface area (Å²) in [5, 5.41) is 1.08. The molecule has 3 fully saturated rings. The van der Waals surface area contributed by atoms with Crippen molar-refractivity contribution in [1.29, 1.82) is 0 Å². The molecule has 2 saturated carbocycles. The van der Waals surface area contributed by atoms with Gasteiger partial charge in [-0.05, 0) is 37.5 Å². The van der Waals surface area contributed by atoms with Gasteiger partial charge in [-0.1, -0.05) is 6.92 Å². The normalized spacial score (nSPS) is 70.2. The highest BCUT2D eigenvalue weighted by atomic mass is 32.2. The first-order valence-electron chi connectivity index (χ1n) is 4.41. The summed E-state index contributed by atoms with van der Waals surface area (Å²) in [4.78, 5) is 0. The first-order valence-corrected chi connectivity index (χ1v) is 5.29. The molecule has 0 nitrogen and oxygen atoms in total. The predicted octanol–water partition coefficient (Wildman–Crippen LogP) is 2.54. The lowest BCUT2D eigenvalue weighted by molar-refractivity contribution is 0.412. The van der Waals surface area contributed by atoms with E-state index in [9.17, 15) is 0 Å². The summed E-state index contributed by atoms with van der Waals surface area (Å²) in [6.45, 7) is 4.96. The number of fused-ring (bicyclic) bond motifs is 5. The summed E-state index contributed by atoms with van der Waals surface area (Å²) in [5.74, 6) is 3.27. The fourth-order valence-corrected chi connectivity index (χ4v) is 5.38. The first-order chi connectivity index (χ1) is 4.73. The van der Waals surface area contributed by atoms with Crippen LogP contribution in [0.2, 0.25) is 0 Å². The van der Waals surface area contributed by atoms with Crippen molar-refractivity contribution in [2.24, 2.45) is 17.8 Å². The molecule has 0 N–H and O–H groups in total. The number of hydrogen-bond donors (Lipinski definition) is 0. The highest BCUT2D eigenvalue weighted by Crippen LogP contribution is 2.75. The Morgan fingerprint density at radius 2 is 2.20 bits per heavy atom. The van der Waals surface area contributed by atoms with Gasteiger partial charge in [-0.25, -0.2) is 0 Å². The molecule has 0 radical (unpaired) electrons. The van der Waals surface area contributed by atoms with E-state index >= 15 is 0 Å². The molecule has 0 spiro atoms. The summed E-state index contributed by atoms with van der Waals surface area (Å²) in [6.07, 6.45) is 3.07. The summed E-state index contributed by atoms with van der Waals surface area (Å²) in [7, 11) is 0. The maximum atomic E-state index is 2.49. The largest absolute Gasteiger partial charge is 0.149 e. The van der Waals surface area contributed by atoms with Crippen molar-refractivity contribution in [3.63, 3.8) is 0 Å². The van der Waals surface area contributed by atoms with Crippen molar-refractivity contribution in [2.75, 3.05) is 0 Å². The average Bonchev–Trinajstić information content (AvgIpc) is 2.39. The summed E-state index contributed by atoms with van der Waals surface area (Å²) in [5.41, 5.74) is 0. The SMILES string of the molecule is CC1C2CCC1C1(C)SC21. The Bertz CT molecular complexity index is 187. The molecule has 1 saturated heterocycles. The summed E-state index contributed by atoms with van der Waals surface area (Å²) < 4.78 is 0.766. The second kappa shape index (κ2) is 1.43. The number of rotatable bonds is 0. The van der Waals surface area contributed by atoms with Crippen molar-refractivity contribution >= 4 is 11.8 Å². The van der Waals surface area contributed by atoms with Crippen LogP contribution in [0.1, 0.15) is 26.7 Å². The Hall–Kier alpha value is 0.350. The highest BCUT2D eigenvalue weighted by Gasteiger charge is 2.70. The van der Waals surface area contributed by atoms with Crippen LogP contribution in [0.4, 0.5) is 0 Å². The smallest absolute Gasteiger partial charge is 0.0287 e. The van der Waals surface area contributed by atoms with Crippen LogP contribution >= 0.6 is 11.8 Å². The van der Waals surface area contributed by atoms with E-state index < -0.39 is 0 Å². The van der Waals surface area contributed by atoms with E-state index in [1.54, 1.807) is 6.42 Å². The van der Waals surface area contributed by atoms with E-state index in [1.165, 1.54) is 6.42 Å². The zero-order valence-corrected chi connectivity index (χ0v) is 7.45. The van der Waals surface area contributed by atoms with Crippen LogP contribution in [0.25, 0.3) is 0 Å². The van der Waals surface area contributed by atoms with Crippen LogP contribution in [0.15, 0.2) is 0 Å². The van der Waals surface area contributed by atoms with Crippen molar-refractivity contribution in [3.8, 4) is 0 Å². The van der Waals surface area contributed by atoms with E-state index in [-0.39, 0.29) is 0 Å². The molecule has 0 amide bonds. The molecule has 5 unspecified atom stereocenters. The second-order valence-corrected chi connectivity index (χ2v) is 6.05. The van der Waals surface area contributed by atoms with E-state index in [0.29, 0.717) is 0 Å². The van der Waals surface area contributed by atoms with Crippen molar-refractivity contribution in [1.82, 2.24) is 0 Å². The van der Waals surface area contributed by atoms with Gasteiger partial charge in [0.1, 0.15) is 0 Å². The predicted molar refractivity (Wildman–Crippen MR) is 45.2 cm³/mol. The first kappa shape index (κ1) is 5.93. The minimum absolute atomic E-state index is 0.766. The van der Waals surface area contributed by atoms with E-state index in [2.05, 4.69) is 25.6 Å². The van der Waals surface area contributed by atoms with Gasteiger partial charge < -0.3 is 0 Å². The van der Waals surface area contributed by atoms with Gasteiger partial charge >= 0.3 is 0 Å². The Labute approximate surface area is 66.8 Å². The molecule has 1 heterocycles. The lowest BCUT2D eigenvalue weighted by Crippen LogP contribution is -2.18. The molecule has 10 heavy (non-hydrogen) atoms. The van der Waals surface area contributed by atoms with Crippen LogP contribution in [-0.4, -0.2) is 10.00 Å². The van der Waals surface area contributed by atoms with E-state index in [0.717, 1.165) is 27.8 Å². The van der Waals surface area contributed by atoms with Gasteiger partial charge in [0.15, 0.2) is 0 Å². The molecule has 2 bridgehead atoms. The van der Waals surface area contributed by atoms with Gasteiger partial charge in [0.05, 0.1) is 0 Å². The third kappa shape index (κ3) is 0.431. The lowest BCUT2D eigenvalue weighted by atomic mass is 9.90. The molecule has 0 aromatic carbocycles. The molecule has 56 valence electrons. The average molecular weight is 154 g/mol. The molecule has 5 atom stereocenters. The van der Waals surface area contributed by atoms with E-state index in [1.807, 2.05) is 0 Å². The van der Waals surface area contributed by atoms with Gasteiger partial charge in [0.2, 0.25) is 0 Å². The summed E-state index contributed by atoms with van der Waals surface area (Å²) >= 11 is 2.26. The van der Waals surface area contributed by atoms with Gasteiger partial charge in [0.25, 0.3) is 0 Å². The molecule has 1 aliphatic heterocycles. The molecule has 0 aromatic rings. The molecule has 3 rings (SSSR count). The summed E-state index contributed by atoms with van der Waals surface area (Å²) in [6, 6.07) is 0. The monoisotopic (exact) mass is 154 g/mol. The molecular formula is C9H14S.